The molecular weight excluding hydrogens is 298 g/mol. The highest BCUT2D eigenvalue weighted by atomic mass is 35.5. The first-order valence-corrected chi connectivity index (χ1v) is 8.17. The van der Waals surface area contributed by atoms with Crippen LogP contribution in [0.5, 0.6) is 0 Å². The van der Waals surface area contributed by atoms with Crippen LogP contribution in [-0.4, -0.2) is 29.2 Å². The standard InChI is InChI=1S/C13H14ClN3O2S/c14-13-9-10(5-7-16-13)20(18,19)17-8-2-4-12(17)11-3-1-6-15-11/h1,3,5-7,9,12,15H,2,4,8H2. The fraction of sp³-hybridized carbons (Fsp3) is 0.308. The topological polar surface area (TPSA) is 66.1 Å². The summed E-state index contributed by atoms with van der Waals surface area (Å²) in [4.78, 5) is 7.12. The van der Waals surface area contributed by atoms with Crippen molar-refractivity contribution in [2.75, 3.05) is 6.54 Å². The van der Waals surface area contributed by atoms with Gasteiger partial charge < -0.3 is 4.98 Å². The van der Waals surface area contributed by atoms with E-state index in [-0.39, 0.29) is 16.1 Å². The van der Waals surface area contributed by atoms with Crippen molar-refractivity contribution in [1.29, 1.82) is 0 Å². The lowest BCUT2D eigenvalue weighted by Crippen LogP contribution is -2.30. The van der Waals surface area contributed by atoms with Gasteiger partial charge in [0.15, 0.2) is 0 Å². The van der Waals surface area contributed by atoms with Crippen molar-refractivity contribution in [3.05, 3.63) is 47.5 Å². The van der Waals surface area contributed by atoms with Crippen molar-refractivity contribution in [2.24, 2.45) is 0 Å². The Hall–Kier alpha value is -1.37. The van der Waals surface area contributed by atoms with E-state index < -0.39 is 10.0 Å². The van der Waals surface area contributed by atoms with Crippen molar-refractivity contribution < 1.29 is 8.42 Å². The highest BCUT2D eigenvalue weighted by molar-refractivity contribution is 7.89. The quantitative estimate of drug-likeness (QED) is 0.886. The second kappa shape index (κ2) is 5.20. The zero-order valence-corrected chi connectivity index (χ0v) is 12.2. The van der Waals surface area contributed by atoms with Gasteiger partial charge in [-0.2, -0.15) is 4.31 Å². The summed E-state index contributed by atoms with van der Waals surface area (Å²) in [5.74, 6) is 0. The molecule has 0 saturated carbocycles. The molecule has 1 unspecified atom stereocenters. The molecule has 0 aromatic carbocycles. The molecule has 1 N–H and O–H groups in total. The van der Waals surface area contributed by atoms with E-state index in [2.05, 4.69) is 9.97 Å². The van der Waals surface area contributed by atoms with Crippen LogP contribution in [0.3, 0.4) is 0 Å². The zero-order chi connectivity index (χ0) is 14.2. The number of H-pyrrole nitrogens is 1. The molecule has 0 spiro atoms. The van der Waals surface area contributed by atoms with E-state index in [0.717, 1.165) is 18.5 Å². The Morgan fingerprint density at radius 1 is 1.40 bits per heavy atom. The summed E-state index contributed by atoms with van der Waals surface area (Å²) < 4.78 is 27.0. The minimum Gasteiger partial charge on any atom is -0.364 e. The van der Waals surface area contributed by atoms with Crippen LogP contribution < -0.4 is 0 Å². The number of aromatic amines is 1. The molecule has 2 aromatic heterocycles. The van der Waals surface area contributed by atoms with Crippen LogP contribution in [0.4, 0.5) is 0 Å². The molecule has 106 valence electrons. The minimum absolute atomic E-state index is 0.137. The number of pyridine rings is 1. The number of hydrogen-bond acceptors (Lipinski definition) is 3. The third kappa shape index (κ3) is 2.34. The summed E-state index contributed by atoms with van der Waals surface area (Å²) in [7, 11) is -3.55. The first-order chi connectivity index (χ1) is 9.59. The molecular formula is C13H14ClN3O2S. The lowest BCUT2D eigenvalue weighted by Gasteiger charge is -2.23. The third-order valence-corrected chi connectivity index (χ3v) is 5.60. The van der Waals surface area contributed by atoms with E-state index in [1.165, 1.54) is 22.6 Å². The number of sulfonamides is 1. The van der Waals surface area contributed by atoms with Crippen molar-refractivity contribution in [2.45, 2.75) is 23.8 Å². The van der Waals surface area contributed by atoms with Gasteiger partial charge in [0.1, 0.15) is 5.15 Å². The Kier molecular flexibility index (Phi) is 3.54. The monoisotopic (exact) mass is 311 g/mol. The highest BCUT2D eigenvalue weighted by Crippen LogP contribution is 2.35. The molecule has 1 aliphatic heterocycles. The van der Waals surface area contributed by atoms with E-state index in [9.17, 15) is 8.42 Å². The van der Waals surface area contributed by atoms with Crippen molar-refractivity contribution in [3.63, 3.8) is 0 Å². The fourth-order valence-electron chi connectivity index (χ4n) is 2.57. The smallest absolute Gasteiger partial charge is 0.243 e. The Labute approximate surface area is 122 Å². The summed E-state index contributed by atoms with van der Waals surface area (Å²) in [5.41, 5.74) is 0.922. The van der Waals surface area contributed by atoms with Gasteiger partial charge >= 0.3 is 0 Å². The Morgan fingerprint density at radius 2 is 2.25 bits per heavy atom. The minimum atomic E-state index is -3.55. The molecule has 2 aromatic rings. The van der Waals surface area contributed by atoms with E-state index in [4.69, 9.17) is 11.6 Å². The maximum atomic E-state index is 12.7. The van der Waals surface area contributed by atoms with Crippen LogP contribution in [0.1, 0.15) is 24.6 Å². The van der Waals surface area contributed by atoms with E-state index >= 15 is 0 Å². The van der Waals surface area contributed by atoms with Crippen LogP contribution in [0, 0.1) is 0 Å². The number of nitrogens with zero attached hydrogens (tertiary/aromatic N) is 2. The van der Waals surface area contributed by atoms with Gasteiger partial charge in [-0.25, -0.2) is 13.4 Å². The molecule has 1 saturated heterocycles. The van der Waals surface area contributed by atoms with E-state index in [1.807, 2.05) is 18.3 Å². The van der Waals surface area contributed by atoms with Gasteiger partial charge in [-0.15, -0.1) is 0 Å². The molecule has 1 aliphatic rings. The van der Waals surface area contributed by atoms with Crippen LogP contribution in [-0.2, 0) is 10.0 Å². The van der Waals surface area contributed by atoms with Crippen LogP contribution >= 0.6 is 11.6 Å². The first kappa shape index (κ1) is 13.6. The molecule has 0 aliphatic carbocycles. The summed E-state index contributed by atoms with van der Waals surface area (Å²) in [6, 6.07) is 6.52. The van der Waals surface area contributed by atoms with E-state index in [1.54, 1.807) is 0 Å². The predicted octanol–water partition coefficient (Wildman–Crippen LogP) is 2.59. The van der Waals surface area contributed by atoms with E-state index in [0.29, 0.717) is 6.54 Å². The number of hydrogen-bond donors (Lipinski definition) is 1. The summed E-state index contributed by atoms with van der Waals surface area (Å²) >= 11 is 5.79. The summed E-state index contributed by atoms with van der Waals surface area (Å²) in [6.45, 7) is 0.520. The van der Waals surface area contributed by atoms with Gasteiger partial charge in [0.05, 0.1) is 10.9 Å². The molecule has 3 heterocycles. The molecule has 3 rings (SSSR count). The second-order valence-corrected chi connectivity index (χ2v) is 6.99. The van der Waals surface area contributed by atoms with Gasteiger partial charge in [-0.05, 0) is 37.1 Å². The van der Waals surface area contributed by atoms with Gasteiger partial charge in [-0.3, -0.25) is 0 Å². The number of halogens is 1. The SMILES string of the molecule is O=S(=O)(c1ccnc(Cl)c1)N1CCCC1c1ccc[nH]1. The van der Waals surface area contributed by atoms with Crippen molar-refractivity contribution in [1.82, 2.24) is 14.3 Å². The molecule has 0 radical (unpaired) electrons. The third-order valence-electron chi connectivity index (χ3n) is 3.49. The van der Waals surface area contributed by atoms with Gasteiger partial charge in [0, 0.05) is 24.6 Å². The molecule has 5 nitrogen and oxygen atoms in total. The molecule has 20 heavy (non-hydrogen) atoms. The van der Waals surface area contributed by atoms with Gasteiger partial charge in [0.25, 0.3) is 0 Å². The maximum absolute atomic E-state index is 12.7. The lowest BCUT2D eigenvalue weighted by molar-refractivity contribution is 0.391. The summed E-state index contributed by atoms with van der Waals surface area (Å²) in [6.07, 6.45) is 4.89. The molecule has 0 bridgehead atoms. The lowest BCUT2D eigenvalue weighted by atomic mass is 10.2. The maximum Gasteiger partial charge on any atom is 0.243 e. The normalized spacial score (nSPS) is 20.4. The van der Waals surface area contributed by atoms with Crippen molar-refractivity contribution in [3.8, 4) is 0 Å². The number of aromatic nitrogens is 2. The average molecular weight is 312 g/mol. The molecule has 0 amide bonds. The average Bonchev–Trinajstić information content (AvgIpc) is 3.09. The Bertz CT molecular complexity index is 700. The fourth-order valence-corrected chi connectivity index (χ4v) is 4.50. The molecule has 7 heteroatoms. The van der Waals surface area contributed by atoms with Crippen LogP contribution in [0.2, 0.25) is 5.15 Å². The molecule has 1 atom stereocenters. The van der Waals surface area contributed by atoms with Gasteiger partial charge in [-0.1, -0.05) is 11.6 Å². The number of rotatable bonds is 3. The first-order valence-electron chi connectivity index (χ1n) is 6.36. The highest BCUT2D eigenvalue weighted by Gasteiger charge is 2.36. The summed E-state index contributed by atoms with van der Waals surface area (Å²) in [5, 5.41) is 0.182. The van der Waals surface area contributed by atoms with Crippen LogP contribution in [0.25, 0.3) is 0 Å². The number of nitrogens with one attached hydrogen (secondary N) is 1. The Morgan fingerprint density at radius 3 is 2.95 bits per heavy atom. The second-order valence-electron chi connectivity index (χ2n) is 4.71. The Balaban J connectivity index is 1.98. The predicted molar refractivity (Wildman–Crippen MR) is 75.9 cm³/mol. The van der Waals surface area contributed by atoms with Crippen molar-refractivity contribution >= 4 is 21.6 Å². The van der Waals surface area contributed by atoms with Gasteiger partial charge in [0.2, 0.25) is 10.0 Å². The largest absolute Gasteiger partial charge is 0.364 e. The zero-order valence-electron chi connectivity index (χ0n) is 10.7. The van der Waals surface area contributed by atoms with Crippen LogP contribution in [0.15, 0.2) is 41.6 Å². The molecule has 1 fully saturated rings.